The van der Waals surface area contributed by atoms with Crippen LogP contribution in [0, 0.1) is 0 Å². The van der Waals surface area contributed by atoms with Crippen LogP contribution in [0.3, 0.4) is 0 Å². The topological polar surface area (TPSA) is 37.3 Å². The summed E-state index contributed by atoms with van der Waals surface area (Å²) in [5.41, 5.74) is 0.0890. The number of rotatable bonds is 5. The highest BCUT2D eigenvalue weighted by atomic mass is 31.2. The molecule has 2 atom stereocenters. The fourth-order valence-corrected chi connectivity index (χ4v) is 11.8. The van der Waals surface area contributed by atoms with Crippen LogP contribution in [0.1, 0.15) is 12.8 Å². The van der Waals surface area contributed by atoms with Crippen molar-refractivity contribution in [3.05, 3.63) is 91.0 Å². The molecule has 0 unspecified atom stereocenters. The van der Waals surface area contributed by atoms with Crippen molar-refractivity contribution in [2.45, 2.75) is 18.5 Å². The third-order valence-corrected chi connectivity index (χ3v) is 13.0. The molecule has 0 bridgehead atoms. The Morgan fingerprint density at radius 1 is 0.815 bits per heavy atom. The van der Waals surface area contributed by atoms with Crippen molar-refractivity contribution in [2.75, 3.05) is 12.3 Å². The Bertz CT molecular complexity index is 885. The SMILES string of the molecule is O=P(C[C@H]1CCC[P@]1(O)c1ccccc1)(c1ccccc1)c1ccccc1. The number of hydrogen-bond acceptors (Lipinski definition) is 2. The molecule has 1 N–H and O–H groups in total. The maximum atomic E-state index is 14.4. The van der Waals surface area contributed by atoms with Gasteiger partial charge in [0.05, 0.1) is 0 Å². The van der Waals surface area contributed by atoms with E-state index in [1.807, 2.05) is 91.0 Å². The van der Waals surface area contributed by atoms with E-state index in [4.69, 9.17) is 0 Å². The van der Waals surface area contributed by atoms with Crippen LogP contribution in [-0.2, 0) is 4.57 Å². The van der Waals surface area contributed by atoms with Crippen molar-refractivity contribution in [2.24, 2.45) is 0 Å². The molecule has 1 radical (unpaired) electrons. The second-order valence-electron chi connectivity index (χ2n) is 7.28. The Morgan fingerprint density at radius 2 is 1.30 bits per heavy atom. The standard InChI is InChI=1S/C23H25O2P2/c24-26(20-11-4-1-5-12-20)18-10-17-23(26)19-27(25,21-13-6-2-7-14-21)22-15-8-3-9-16-22/h1-9,11-16,23-24H,10,17-19H2/t23-/m1/s1. The van der Waals surface area contributed by atoms with Gasteiger partial charge in [0.1, 0.15) is 7.14 Å². The summed E-state index contributed by atoms with van der Waals surface area (Å²) >= 11 is 0. The van der Waals surface area contributed by atoms with Crippen molar-refractivity contribution in [3.8, 4) is 0 Å². The first kappa shape index (κ1) is 18.6. The molecular formula is C23H25O2P2. The van der Waals surface area contributed by atoms with E-state index in [-0.39, 0.29) is 5.66 Å². The third kappa shape index (κ3) is 3.55. The minimum atomic E-state index is -2.81. The Morgan fingerprint density at radius 3 is 1.81 bits per heavy atom. The van der Waals surface area contributed by atoms with Crippen molar-refractivity contribution < 1.29 is 9.46 Å². The Hall–Kier alpha value is -1.72. The zero-order valence-electron chi connectivity index (χ0n) is 15.3. The lowest BCUT2D eigenvalue weighted by Crippen LogP contribution is -2.28. The molecule has 1 heterocycles. The van der Waals surface area contributed by atoms with Gasteiger partial charge in [0.25, 0.3) is 0 Å². The molecule has 139 valence electrons. The minimum Gasteiger partial charge on any atom is -0.375 e. The molecule has 1 aliphatic heterocycles. The molecule has 1 aliphatic rings. The average Bonchev–Trinajstić information content (AvgIpc) is 3.11. The van der Waals surface area contributed by atoms with E-state index in [0.29, 0.717) is 6.16 Å². The quantitative estimate of drug-likeness (QED) is 0.650. The van der Waals surface area contributed by atoms with Crippen LogP contribution in [0.25, 0.3) is 0 Å². The monoisotopic (exact) mass is 395 g/mol. The Balaban J connectivity index is 1.76. The maximum absolute atomic E-state index is 14.4. The molecule has 0 amide bonds. The van der Waals surface area contributed by atoms with Crippen molar-refractivity contribution in [1.82, 2.24) is 0 Å². The van der Waals surface area contributed by atoms with E-state index in [1.54, 1.807) is 0 Å². The molecule has 3 aromatic carbocycles. The van der Waals surface area contributed by atoms with Gasteiger partial charge in [-0.15, -0.1) is 0 Å². The van der Waals surface area contributed by atoms with E-state index in [1.165, 1.54) is 0 Å². The van der Waals surface area contributed by atoms with Gasteiger partial charge < -0.3 is 9.46 Å². The highest BCUT2D eigenvalue weighted by molar-refractivity contribution is 7.82. The molecule has 3 aromatic rings. The number of hydrogen-bond donors (Lipinski definition) is 1. The van der Waals surface area contributed by atoms with Gasteiger partial charge in [0, 0.05) is 29.9 Å². The van der Waals surface area contributed by atoms with Gasteiger partial charge in [-0.05, 0) is 24.3 Å². The summed E-state index contributed by atoms with van der Waals surface area (Å²) < 4.78 is 14.4. The van der Waals surface area contributed by atoms with Gasteiger partial charge in [-0.25, -0.2) is 0 Å². The van der Waals surface area contributed by atoms with Crippen LogP contribution in [0.2, 0.25) is 0 Å². The fourth-order valence-electron chi connectivity index (χ4n) is 4.21. The molecule has 2 nitrogen and oxygen atoms in total. The fraction of sp³-hybridized carbons (Fsp3) is 0.217. The van der Waals surface area contributed by atoms with Gasteiger partial charge in [-0.1, -0.05) is 91.0 Å². The molecule has 27 heavy (non-hydrogen) atoms. The molecule has 0 aliphatic carbocycles. The highest BCUT2D eigenvalue weighted by Crippen LogP contribution is 2.67. The van der Waals surface area contributed by atoms with E-state index in [0.717, 1.165) is 34.9 Å². The van der Waals surface area contributed by atoms with Crippen LogP contribution in [0.4, 0.5) is 0 Å². The second-order valence-corrected chi connectivity index (χ2v) is 13.5. The first-order chi connectivity index (χ1) is 13.1. The smallest absolute Gasteiger partial charge is 0.143 e. The predicted molar refractivity (Wildman–Crippen MR) is 118 cm³/mol. The van der Waals surface area contributed by atoms with Gasteiger partial charge in [-0.3, -0.25) is 0 Å². The van der Waals surface area contributed by atoms with E-state index in [2.05, 4.69) is 0 Å². The van der Waals surface area contributed by atoms with Crippen LogP contribution in [0.5, 0.6) is 0 Å². The molecule has 4 heteroatoms. The number of benzene rings is 3. The van der Waals surface area contributed by atoms with Crippen molar-refractivity contribution in [3.63, 3.8) is 0 Å². The molecule has 0 saturated carbocycles. The zero-order valence-corrected chi connectivity index (χ0v) is 17.1. The van der Waals surface area contributed by atoms with Crippen LogP contribution in [-0.4, -0.2) is 22.9 Å². The summed E-state index contributed by atoms with van der Waals surface area (Å²) in [6.07, 6.45) is 3.34. The highest BCUT2D eigenvalue weighted by Gasteiger charge is 2.44. The lowest BCUT2D eigenvalue weighted by Gasteiger charge is -2.35. The lowest BCUT2D eigenvalue weighted by molar-refractivity contribution is 0.580. The van der Waals surface area contributed by atoms with E-state index in [9.17, 15) is 9.46 Å². The predicted octanol–water partition coefficient (Wildman–Crippen LogP) is 4.41. The summed E-state index contributed by atoms with van der Waals surface area (Å²) in [6.45, 7) is 0. The average molecular weight is 395 g/mol. The molecule has 0 aromatic heterocycles. The van der Waals surface area contributed by atoms with E-state index >= 15 is 0 Å². The van der Waals surface area contributed by atoms with E-state index < -0.39 is 14.6 Å². The lowest BCUT2D eigenvalue weighted by atomic mass is 10.3. The first-order valence-electron chi connectivity index (χ1n) is 9.49. The van der Waals surface area contributed by atoms with Crippen LogP contribution < -0.4 is 15.9 Å². The molecule has 4 rings (SSSR count). The van der Waals surface area contributed by atoms with Crippen molar-refractivity contribution in [1.29, 1.82) is 0 Å². The maximum Gasteiger partial charge on any atom is 0.143 e. The van der Waals surface area contributed by atoms with Crippen LogP contribution in [0.15, 0.2) is 91.0 Å². The molecular weight excluding hydrogens is 370 g/mol. The summed E-state index contributed by atoms with van der Waals surface area (Å²) in [5.74, 6) is 0. The summed E-state index contributed by atoms with van der Waals surface area (Å²) in [6, 6.07) is 29.7. The van der Waals surface area contributed by atoms with Crippen LogP contribution >= 0.6 is 14.6 Å². The zero-order chi connectivity index (χ0) is 18.7. The second kappa shape index (κ2) is 7.72. The Kier molecular flexibility index (Phi) is 5.33. The third-order valence-electron chi connectivity index (χ3n) is 5.66. The summed E-state index contributed by atoms with van der Waals surface area (Å²) in [4.78, 5) is 11.7. The molecule has 1 saturated heterocycles. The minimum absolute atomic E-state index is 0.0890. The van der Waals surface area contributed by atoms with Gasteiger partial charge in [0.15, 0.2) is 0 Å². The summed E-state index contributed by atoms with van der Waals surface area (Å²) in [7, 11) is -5.10. The normalized spacial score (nSPS) is 22.6. The first-order valence-corrected chi connectivity index (χ1v) is 13.4. The Labute approximate surface area is 162 Å². The van der Waals surface area contributed by atoms with Gasteiger partial charge >= 0.3 is 0 Å². The molecule has 0 spiro atoms. The summed E-state index contributed by atoms with van der Waals surface area (Å²) in [5, 5.41) is 2.84. The van der Waals surface area contributed by atoms with Crippen molar-refractivity contribution >= 4 is 30.5 Å². The molecule has 1 fully saturated rings. The van der Waals surface area contributed by atoms with Gasteiger partial charge in [0.2, 0.25) is 0 Å². The largest absolute Gasteiger partial charge is 0.375 e. The van der Waals surface area contributed by atoms with Gasteiger partial charge in [-0.2, -0.15) is 0 Å².